The van der Waals surface area contributed by atoms with Gasteiger partial charge in [0.2, 0.25) is 0 Å². The summed E-state index contributed by atoms with van der Waals surface area (Å²) in [5, 5.41) is 3.78. The van der Waals surface area contributed by atoms with Crippen LogP contribution < -0.4 is 20.9 Å². The van der Waals surface area contributed by atoms with Crippen LogP contribution in [0.25, 0.3) is 0 Å². The van der Waals surface area contributed by atoms with Crippen molar-refractivity contribution in [3.05, 3.63) is 57.6 Å². The van der Waals surface area contributed by atoms with Gasteiger partial charge in [-0.25, -0.2) is 0 Å². The molecule has 7 heteroatoms. The van der Waals surface area contributed by atoms with Crippen molar-refractivity contribution in [2.75, 3.05) is 11.9 Å². The Morgan fingerprint density at radius 3 is 2.42 bits per heavy atom. The molecule has 1 amide bonds. The maximum atomic E-state index is 11.9. The van der Waals surface area contributed by atoms with Crippen molar-refractivity contribution in [3.8, 4) is 5.75 Å². The molecule has 0 saturated carbocycles. The maximum absolute atomic E-state index is 11.9. The number of aryl methyl sites for hydroxylation is 4. The van der Waals surface area contributed by atoms with Gasteiger partial charge in [0.15, 0.2) is 11.7 Å². The summed E-state index contributed by atoms with van der Waals surface area (Å²) in [6.45, 7) is 7.79. The highest BCUT2D eigenvalue weighted by atomic mass is 35.5. The van der Waals surface area contributed by atoms with Crippen LogP contribution in [0.4, 0.5) is 5.69 Å². The largest absolute Gasteiger partial charge is 0.484 e. The summed E-state index contributed by atoms with van der Waals surface area (Å²) in [5.74, 6) is 0.296. The summed E-state index contributed by atoms with van der Waals surface area (Å²) in [6, 6.07) is 9.51. The first kappa shape index (κ1) is 20.0. The molecule has 0 unspecified atom stereocenters. The average Bonchev–Trinajstić information content (AvgIpc) is 2.57. The van der Waals surface area contributed by atoms with Crippen LogP contribution in [-0.4, -0.2) is 17.6 Å². The van der Waals surface area contributed by atoms with Gasteiger partial charge in [-0.05, 0) is 80.4 Å². The highest BCUT2D eigenvalue weighted by Crippen LogP contribution is 2.27. The van der Waals surface area contributed by atoms with Crippen LogP contribution in [0, 0.1) is 27.7 Å². The molecule has 26 heavy (non-hydrogen) atoms. The first-order chi connectivity index (χ1) is 12.3. The number of benzene rings is 2. The van der Waals surface area contributed by atoms with Crippen molar-refractivity contribution in [1.29, 1.82) is 0 Å². The minimum Gasteiger partial charge on any atom is -0.484 e. The lowest BCUT2D eigenvalue weighted by molar-refractivity contribution is -0.123. The second-order valence-corrected chi connectivity index (χ2v) is 6.92. The van der Waals surface area contributed by atoms with E-state index >= 15 is 0 Å². The Bertz CT molecular complexity index is 817. The molecule has 0 radical (unpaired) electrons. The number of carbonyl (C=O) groups excluding carboxylic acids is 1. The van der Waals surface area contributed by atoms with Gasteiger partial charge in [-0.1, -0.05) is 23.7 Å². The van der Waals surface area contributed by atoms with Gasteiger partial charge < -0.3 is 10.1 Å². The smallest absolute Gasteiger partial charge is 0.276 e. The van der Waals surface area contributed by atoms with Gasteiger partial charge in [-0.3, -0.25) is 15.6 Å². The fourth-order valence-electron chi connectivity index (χ4n) is 2.33. The lowest BCUT2D eigenvalue weighted by Crippen LogP contribution is -2.45. The minimum absolute atomic E-state index is 0.123. The summed E-state index contributed by atoms with van der Waals surface area (Å²) in [7, 11) is 0. The molecule has 138 valence electrons. The third-order valence-electron chi connectivity index (χ3n) is 3.83. The molecular weight excluding hydrogens is 370 g/mol. The van der Waals surface area contributed by atoms with Crippen molar-refractivity contribution in [3.63, 3.8) is 0 Å². The number of rotatable bonds is 4. The topological polar surface area (TPSA) is 62.4 Å². The second kappa shape index (κ2) is 8.87. The van der Waals surface area contributed by atoms with Crippen molar-refractivity contribution >= 4 is 40.5 Å². The van der Waals surface area contributed by atoms with E-state index in [2.05, 4.69) is 16.2 Å². The maximum Gasteiger partial charge on any atom is 0.276 e. The molecule has 3 N–H and O–H groups in total. The predicted molar refractivity (Wildman–Crippen MR) is 110 cm³/mol. The van der Waals surface area contributed by atoms with E-state index in [-0.39, 0.29) is 17.6 Å². The minimum atomic E-state index is -0.348. The van der Waals surface area contributed by atoms with E-state index in [9.17, 15) is 4.79 Å². The highest BCUT2D eigenvalue weighted by molar-refractivity contribution is 7.80. The van der Waals surface area contributed by atoms with Crippen molar-refractivity contribution in [2.45, 2.75) is 27.7 Å². The Hall–Kier alpha value is -2.31. The predicted octanol–water partition coefficient (Wildman–Crippen LogP) is 3.97. The van der Waals surface area contributed by atoms with Crippen LogP contribution in [0.2, 0.25) is 5.02 Å². The summed E-state index contributed by atoms with van der Waals surface area (Å²) in [6.07, 6.45) is 0. The Morgan fingerprint density at radius 1 is 1.04 bits per heavy atom. The van der Waals surface area contributed by atoms with Crippen LogP contribution in [-0.2, 0) is 4.79 Å². The molecule has 0 aliphatic rings. The summed E-state index contributed by atoms with van der Waals surface area (Å²) < 4.78 is 5.47. The number of carbonyl (C=O) groups is 1. The number of anilines is 1. The number of hydrazine groups is 1. The van der Waals surface area contributed by atoms with Gasteiger partial charge in [-0.2, -0.15) is 0 Å². The summed E-state index contributed by atoms with van der Waals surface area (Å²) in [5.41, 5.74) is 10.1. The molecule has 5 nitrogen and oxygen atoms in total. The fourth-order valence-corrected chi connectivity index (χ4v) is 2.86. The quantitative estimate of drug-likeness (QED) is 0.543. The number of hydrogen-bond donors (Lipinski definition) is 3. The zero-order valence-electron chi connectivity index (χ0n) is 15.2. The molecule has 0 aromatic heterocycles. The van der Waals surface area contributed by atoms with Crippen LogP contribution in [0.1, 0.15) is 22.3 Å². The molecule has 0 atom stereocenters. The molecule has 0 spiro atoms. The van der Waals surface area contributed by atoms with Crippen LogP contribution in [0.5, 0.6) is 5.75 Å². The third kappa shape index (κ3) is 5.61. The van der Waals surface area contributed by atoms with E-state index in [4.69, 9.17) is 28.6 Å². The second-order valence-electron chi connectivity index (χ2n) is 6.10. The van der Waals surface area contributed by atoms with Crippen molar-refractivity contribution in [1.82, 2.24) is 10.9 Å². The zero-order chi connectivity index (χ0) is 19.3. The van der Waals surface area contributed by atoms with E-state index in [1.54, 1.807) is 0 Å². The molecule has 0 aliphatic heterocycles. The lowest BCUT2D eigenvalue weighted by atomic mass is 10.1. The lowest BCUT2D eigenvalue weighted by Gasteiger charge is -2.15. The van der Waals surface area contributed by atoms with E-state index in [1.165, 1.54) is 5.56 Å². The van der Waals surface area contributed by atoms with Crippen LogP contribution in [0.15, 0.2) is 30.3 Å². The SMILES string of the molecule is Cc1cc(C)c(NC(=S)NNC(=O)COc2ccc(C)c(C)c2)c(Cl)c1. The first-order valence-corrected chi connectivity index (χ1v) is 8.87. The number of hydrogen-bond acceptors (Lipinski definition) is 3. The number of amides is 1. The number of thiocarbonyl (C=S) groups is 1. The fraction of sp³-hybridized carbons (Fsp3) is 0.263. The molecule has 2 rings (SSSR count). The number of halogens is 1. The molecule has 2 aromatic rings. The van der Waals surface area contributed by atoms with E-state index in [0.29, 0.717) is 16.5 Å². The van der Waals surface area contributed by atoms with Gasteiger partial charge >= 0.3 is 0 Å². The molecule has 0 heterocycles. The molecule has 0 aliphatic carbocycles. The van der Waals surface area contributed by atoms with Gasteiger partial charge in [0.05, 0.1) is 10.7 Å². The average molecular weight is 392 g/mol. The molecule has 0 fully saturated rings. The molecular formula is C19H22ClN3O2S. The van der Waals surface area contributed by atoms with Crippen molar-refractivity contribution < 1.29 is 9.53 Å². The Balaban J connectivity index is 1.81. The molecule has 2 aromatic carbocycles. The molecule has 0 saturated heterocycles. The number of ether oxygens (including phenoxy) is 1. The van der Waals surface area contributed by atoms with E-state index < -0.39 is 0 Å². The Morgan fingerprint density at radius 2 is 1.77 bits per heavy atom. The van der Waals surface area contributed by atoms with Crippen LogP contribution >= 0.6 is 23.8 Å². The number of nitrogens with one attached hydrogen (secondary N) is 3. The summed E-state index contributed by atoms with van der Waals surface area (Å²) >= 11 is 11.4. The highest BCUT2D eigenvalue weighted by Gasteiger charge is 2.08. The zero-order valence-corrected chi connectivity index (χ0v) is 16.8. The van der Waals surface area contributed by atoms with Gasteiger partial charge in [0.25, 0.3) is 5.91 Å². The normalized spacial score (nSPS) is 10.2. The molecule has 0 bridgehead atoms. The standard InChI is InChI=1S/C19H22ClN3O2S/c1-11-7-14(4)18(16(20)8-11)21-19(26)23-22-17(24)10-25-15-6-5-12(2)13(3)9-15/h5-9H,10H2,1-4H3,(H,22,24)(H2,21,23,26). The van der Waals surface area contributed by atoms with Gasteiger partial charge in [0.1, 0.15) is 5.75 Å². The Kier molecular flexibility index (Phi) is 6.83. The van der Waals surface area contributed by atoms with E-state index in [1.807, 2.05) is 58.0 Å². The monoisotopic (exact) mass is 391 g/mol. The third-order valence-corrected chi connectivity index (χ3v) is 4.34. The van der Waals surface area contributed by atoms with Gasteiger partial charge in [-0.15, -0.1) is 0 Å². The van der Waals surface area contributed by atoms with Crippen LogP contribution in [0.3, 0.4) is 0 Å². The van der Waals surface area contributed by atoms with Gasteiger partial charge in [0, 0.05) is 0 Å². The van der Waals surface area contributed by atoms with Crippen molar-refractivity contribution in [2.24, 2.45) is 0 Å². The first-order valence-electron chi connectivity index (χ1n) is 8.09. The Labute approximate surface area is 164 Å². The van der Waals surface area contributed by atoms with E-state index in [0.717, 1.165) is 16.7 Å². The summed E-state index contributed by atoms with van der Waals surface area (Å²) in [4.78, 5) is 11.9.